The van der Waals surface area contributed by atoms with E-state index in [9.17, 15) is 9.59 Å². The van der Waals surface area contributed by atoms with Gasteiger partial charge in [-0.2, -0.15) is 0 Å². The number of benzene rings is 3. The van der Waals surface area contributed by atoms with E-state index in [1.54, 1.807) is 21.3 Å². The molecule has 5 aromatic rings. The van der Waals surface area contributed by atoms with Crippen LogP contribution < -0.4 is 14.2 Å². The fourth-order valence-corrected chi connectivity index (χ4v) is 6.93. The van der Waals surface area contributed by atoms with E-state index in [2.05, 4.69) is 47.9 Å². The van der Waals surface area contributed by atoms with Crippen molar-refractivity contribution in [2.45, 2.75) is 31.1 Å². The predicted molar refractivity (Wildman–Crippen MR) is 173 cm³/mol. The summed E-state index contributed by atoms with van der Waals surface area (Å²) in [6.07, 6.45) is 4.99. The lowest BCUT2D eigenvalue weighted by Crippen LogP contribution is -2.42. The van der Waals surface area contributed by atoms with Crippen molar-refractivity contribution in [3.63, 3.8) is 0 Å². The van der Waals surface area contributed by atoms with Crippen molar-refractivity contribution in [2.75, 3.05) is 27.9 Å². The highest BCUT2D eigenvalue weighted by Gasteiger charge is 2.34. The number of H-pyrrole nitrogens is 2. The van der Waals surface area contributed by atoms with Crippen LogP contribution in [0.4, 0.5) is 0 Å². The number of rotatable bonds is 8. The monoisotopic (exact) mass is 707 g/mol. The summed E-state index contributed by atoms with van der Waals surface area (Å²) >= 11 is 7.15. The average molecular weight is 709 g/mol. The van der Waals surface area contributed by atoms with E-state index in [-0.39, 0.29) is 36.5 Å². The molecule has 0 bridgehead atoms. The lowest BCUT2D eigenvalue weighted by molar-refractivity contribution is -0.147. The normalized spacial score (nSPS) is 16.1. The van der Waals surface area contributed by atoms with Crippen molar-refractivity contribution in [3.05, 3.63) is 86.6 Å². The number of carbonyl (C=O) groups excluding carboxylic acids is 2. The number of aromatic amines is 2. The third-order valence-electron chi connectivity index (χ3n) is 8.36. The van der Waals surface area contributed by atoms with Gasteiger partial charge in [0, 0.05) is 68.4 Å². The van der Waals surface area contributed by atoms with Crippen LogP contribution in [-0.4, -0.2) is 54.6 Å². The third kappa shape index (κ3) is 5.54. The molecule has 1 fully saturated rings. The van der Waals surface area contributed by atoms with Crippen LogP contribution in [0.15, 0.2) is 69.9 Å². The fraction of sp³-hybridized carbons (Fsp3) is 0.273. The van der Waals surface area contributed by atoms with Crippen molar-refractivity contribution in [1.29, 1.82) is 0 Å². The molecule has 0 spiro atoms. The quantitative estimate of drug-likeness (QED) is 0.173. The maximum absolute atomic E-state index is 14.0. The summed E-state index contributed by atoms with van der Waals surface area (Å²) < 4.78 is 18.7. The zero-order valence-corrected chi connectivity index (χ0v) is 27.2. The molecule has 6 rings (SSSR count). The molecule has 10 heteroatoms. The van der Waals surface area contributed by atoms with Gasteiger partial charge >= 0.3 is 0 Å². The van der Waals surface area contributed by atoms with Gasteiger partial charge in [-0.3, -0.25) is 14.5 Å². The van der Waals surface area contributed by atoms with Crippen LogP contribution in [0.2, 0.25) is 0 Å². The number of amides is 2. The predicted octanol–water partition coefficient (Wildman–Crippen LogP) is 7.65. The van der Waals surface area contributed by atoms with Crippen LogP contribution >= 0.6 is 31.9 Å². The van der Waals surface area contributed by atoms with Crippen LogP contribution in [0.25, 0.3) is 21.8 Å². The van der Waals surface area contributed by atoms with Gasteiger partial charge < -0.3 is 24.2 Å². The van der Waals surface area contributed by atoms with Gasteiger partial charge in [0.2, 0.25) is 17.6 Å². The summed E-state index contributed by atoms with van der Waals surface area (Å²) in [5.74, 6) is 0.749. The van der Waals surface area contributed by atoms with Crippen LogP contribution in [0.1, 0.15) is 47.8 Å². The smallest absolute Gasteiger partial charge is 0.230 e. The molecular weight excluding hydrogens is 678 g/mol. The van der Waals surface area contributed by atoms with Gasteiger partial charge in [0.25, 0.3) is 0 Å². The van der Waals surface area contributed by atoms with Crippen molar-refractivity contribution in [2.24, 2.45) is 0 Å². The Labute approximate surface area is 265 Å². The van der Waals surface area contributed by atoms with Gasteiger partial charge in [-0.1, -0.05) is 31.9 Å². The third-order valence-corrected chi connectivity index (χ3v) is 9.35. The molecule has 2 N–H and O–H groups in total. The van der Waals surface area contributed by atoms with Crippen LogP contribution in [0, 0.1) is 0 Å². The largest absolute Gasteiger partial charge is 0.493 e. The zero-order valence-electron chi connectivity index (χ0n) is 24.0. The summed E-state index contributed by atoms with van der Waals surface area (Å²) in [6.45, 7) is 0.365. The summed E-state index contributed by atoms with van der Waals surface area (Å²) in [5.41, 5.74) is 4.84. The molecule has 43 heavy (non-hydrogen) atoms. The van der Waals surface area contributed by atoms with Gasteiger partial charge in [-0.05, 0) is 77.6 Å². The minimum Gasteiger partial charge on any atom is -0.493 e. The molecule has 3 aromatic carbocycles. The Morgan fingerprint density at radius 1 is 0.907 bits per heavy atom. The topological polar surface area (TPSA) is 96.7 Å². The van der Waals surface area contributed by atoms with Crippen molar-refractivity contribution < 1.29 is 23.8 Å². The van der Waals surface area contributed by atoms with E-state index in [0.29, 0.717) is 30.2 Å². The summed E-state index contributed by atoms with van der Waals surface area (Å²) in [4.78, 5) is 35.6. The summed E-state index contributed by atoms with van der Waals surface area (Å²) in [5, 5.41) is 2.08. The van der Waals surface area contributed by atoms with Gasteiger partial charge in [0.1, 0.15) is 0 Å². The standard InChI is InChI=1S/C33H31Br2N3O5/c1-41-29-10-19(11-30(42-2)33(29)43-3)22(26-17-37-28-7-5-21(35)14-24(26)28)15-32(40)38-9-8-18(12-31(38)39)25-16-36-27-6-4-20(34)13-23(25)27/h4-7,10-11,13-14,16-18,22,36-37H,8-9,12,15H2,1-3H3. The Bertz CT molecular complexity index is 1820. The van der Waals surface area contributed by atoms with Crippen molar-refractivity contribution >= 4 is 65.5 Å². The number of nitrogens with one attached hydrogen (secondary N) is 2. The first-order valence-electron chi connectivity index (χ1n) is 14.0. The number of piperidine rings is 1. The van der Waals surface area contributed by atoms with Gasteiger partial charge in [-0.25, -0.2) is 0 Å². The van der Waals surface area contributed by atoms with Crippen LogP contribution in [0.3, 0.4) is 0 Å². The van der Waals surface area contributed by atoms with Gasteiger partial charge in [0.15, 0.2) is 11.5 Å². The highest BCUT2D eigenvalue weighted by atomic mass is 79.9. The first kappa shape index (κ1) is 29.3. The number of likely N-dealkylation sites (tertiary alicyclic amines) is 1. The molecule has 2 aromatic heterocycles. The first-order chi connectivity index (χ1) is 20.8. The molecule has 0 saturated carbocycles. The number of ether oxygens (including phenoxy) is 3. The molecule has 1 aliphatic rings. The number of imide groups is 1. The summed E-state index contributed by atoms with van der Waals surface area (Å²) in [7, 11) is 4.70. The number of hydrogen-bond donors (Lipinski definition) is 2. The van der Waals surface area contributed by atoms with E-state index in [0.717, 1.165) is 47.4 Å². The van der Waals surface area contributed by atoms with Crippen molar-refractivity contribution in [1.82, 2.24) is 14.9 Å². The van der Waals surface area contributed by atoms with Crippen molar-refractivity contribution in [3.8, 4) is 17.2 Å². The minimum absolute atomic E-state index is 0.0384. The maximum Gasteiger partial charge on any atom is 0.230 e. The molecule has 3 heterocycles. The number of halogens is 2. The molecule has 2 atom stereocenters. The second-order valence-corrected chi connectivity index (χ2v) is 12.5. The lowest BCUT2D eigenvalue weighted by atomic mass is 9.86. The number of carbonyl (C=O) groups is 2. The number of aromatic nitrogens is 2. The molecule has 222 valence electrons. The molecule has 1 saturated heterocycles. The Hall–Kier alpha value is -3.76. The van der Waals surface area contributed by atoms with E-state index in [4.69, 9.17) is 14.2 Å². The number of hydrogen-bond acceptors (Lipinski definition) is 5. The number of methoxy groups -OCH3 is 3. The van der Waals surface area contributed by atoms with Gasteiger partial charge in [-0.15, -0.1) is 0 Å². The Kier molecular flexibility index (Phi) is 8.24. The molecule has 0 aliphatic carbocycles. The molecule has 1 aliphatic heterocycles. The van der Waals surface area contributed by atoms with E-state index >= 15 is 0 Å². The maximum atomic E-state index is 14.0. The summed E-state index contributed by atoms with van der Waals surface area (Å²) in [6, 6.07) is 15.8. The van der Waals surface area contributed by atoms with E-state index < -0.39 is 0 Å². The SMILES string of the molecule is COc1cc(C(CC(=O)N2CCC(c3c[nH]c4ccc(Br)cc34)CC2=O)c2c[nH]c3ccc(Br)cc23)cc(OC)c1OC. The van der Waals surface area contributed by atoms with Crippen LogP contribution in [0.5, 0.6) is 17.2 Å². The Morgan fingerprint density at radius 2 is 1.53 bits per heavy atom. The second-order valence-electron chi connectivity index (χ2n) is 10.7. The van der Waals surface area contributed by atoms with Crippen LogP contribution in [-0.2, 0) is 9.59 Å². The fourth-order valence-electron chi connectivity index (χ4n) is 6.21. The average Bonchev–Trinajstić information content (AvgIpc) is 3.62. The second kappa shape index (κ2) is 12.1. The van der Waals surface area contributed by atoms with Gasteiger partial charge in [0.05, 0.1) is 21.3 Å². The highest BCUT2D eigenvalue weighted by molar-refractivity contribution is 9.10. The minimum atomic E-state index is -0.388. The molecular formula is C33H31Br2N3O5. The Morgan fingerprint density at radius 3 is 2.16 bits per heavy atom. The number of nitrogens with zero attached hydrogens (tertiary/aromatic N) is 1. The van der Waals surface area contributed by atoms with E-state index in [1.165, 1.54) is 4.90 Å². The number of fused-ring (bicyclic) bond motifs is 2. The molecule has 2 unspecified atom stereocenters. The lowest BCUT2D eigenvalue weighted by Gasteiger charge is -2.31. The molecule has 8 nitrogen and oxygen atoms in total. The highest BCUT2D eigenvalue weighted by Crippen LogP contribution is 2.44. The van der Waals surface area contributed by atoms with E-state index in [1.807, 2.05) is 54.9 Å². The first-order valence-corrected chi connectivity index (χ1v) is 15.6. The molecule has 0 radical (unpaired) electrons. The zero-order chi connectivity index (χ0) is 30.2. The Balaban J connectivity index is 1.32. The molecule has 2 amide bonds.